The van der Waals surface area contributed by atoms with Crippen LogP contribution in [0.1, 0.15) is 30.1 Å². The minimum atomic E-state index is 0.476. The summed E-state index contributed by atoms with van der Waals surface area (Å²) >= 11 is 6.15. The number of carbonyl (C=O) groups is 1. The van der Waals surface area contributed by atoms with E-state index in [4.69, 9.17) is 11.6 Å². The van der Waals surface area contributed by atoms with Gasteiger partial charge in [0.2, 0.25) is 0 Å². The Hall–Kier alpha value is -1.02. The van der Waals surface area contributed by atoms with Crippen LogP contribution in [0.2, 0.25) is 5.02 Å². The van der Waals surface area contributed by atoms with E-state index in [1.165, 1.54) is 12.8 Å². The van der Waals surface area contributed by atoms with E-state index in [1.54, 1.807) is 0 Å². The lowest BCUT2D eigenvalue weighted by Gasteiger charge is -2.26. The van der Waals surface area contributed by atoms with Crippen LogP contribution in [-0.2, 0) is 0 Å². The number of benzene rings is 1. The van der Waals surface area contributed by atoms with Crippen LogP contribution in [0.15, 0.2) is 18.2 Å². The SMILES string of the molecule is CC1CCCN1c1c(Cl)cccc1C=O. The van der Waals surface area contributed by atoms with Gasteiger partial charge in [0.25, 0.3) is 0 Å². The van der Waals surface area contributed by atoms with E-state index in [0.29, 0.717) is 16.6 Å². The molecule has 1 atom stereocenters. The third-order valence-corrected chi connectivity index (χ3v) is 3.29. The number of nitrogens with zero attached hydrogens (tertiary/aromatic N) is 1. The summed E-state index contributed by atoms with van der Waals surface area (Å²) in [5, 5.41) is 0.674. The minimum absolute atomic E-state index is 0.476. The number of hydrogen-bond acceptors (Lipinski definition) is 2. The van der Waals surface area contributed by atoms with Gasteiger partial charge in [-0.1, -0.05) is 17.7 Å². The Morgan fingerprint density at radius 1 is 1.53 bits per heavy atom. The molecular weight excluding hydrogens is 210 g/mol. The van der Waals surface area contributed by atoms with E-state index in [-0.39, 0.29) is 0 Å². The van der Waals surface area contributed by atoms with Crippen LogP contribution in [0.3, 0.4) is 0 Å². The molecule has 1 aromatic rings. The van der Waals surface area contributed by atoms with Gasteiger partial charge >= 0.3 is 0 Å². The first-order valence-electron chi connectivity index (χ1n) is 5.24. The molecule has 0 saturated carbocycles. The molecule has 0 aromatic heterocycles. The minimum Gasteiger partial charge on any atom is -0.367 e. The molecule has 1 aliphatic rings. The van der Waals surface area contributed by atoms with Crippen molar-refractivity contribution >= 4 is 23.6 Å². The maximum atomic E-state index is 11.0. The summed E-state index contributed by atoms with van der Waals surface area (Å²) in [7, 11) is 0. The fourth-order valence-corrected chi connectivity index (χ4v) is 2.49. The quantitative estimate of drug-likeness (QED) is 0.718. The molecule has 2 rings (SSSR count). The van der Waals surface area contributed by atoms with Gasteiger partial charge < -0.3 is 4.90 Å². The van der Waals surface area contributed by atoms with E-state index in [1.807, 2.05) is 18.2 Å². The summed E-state index contributed by atoms with van der Waals surface area (Å²) in [5.74, 6) is 0. The van der Waals surface area contributed by atoms with Crippen molar-refractivity contribution in [1.29, 1.82) is 0 Å². The molecule has 1 aromatic carbocycles. The maximum absolute atomic E-state index is 11.0. The Labute approximate surface area is 94.8 Å². The van der Waals surface area contributed by atoms with Gasteiger partial charge in [0.15, 0.2) is 6.29 Å². The van der Waals surface area contributed by atoms with E-state index < -0.39 is 0 Å². The number of anilines is 1. The Balaban J connectivity index is 2.45. The Bertz CT molecular complexity index is 378. The average molecular weight is 224 g/mol. The van der Waals surface area contributed by atoms with Crippen molar-refractivity contribution in [1.82, 2.24) is 0 Å². The van der Waals surface area contributed by atoms with E-state index in [0.717, 1.165) is 18.5 Å². The van der Waals surface area contributed by atoms with Gasteiger partial charge in [-0.25, -0.2) is 0 Å². The van der Waals surface area contributed by atoms with Gasteiger partial charge in [-0.3, -0.25) is 4.79 Å². The van der Waals surface area contributed by atoms with Gasteiger partial charge in [-0.05, 0) is 31.9 Å². The maximum Gasteiger partial charge on any atom is 0.152 e. The largest absolute Gasteiger partial charge is 0.367 e. The van der Waals surface area contributed by atoms with Gasteiger partial charge in [-0.2, -0.15) is 0 Å². The van der Waals surface area contributed by atoms with Crippen LogP contribution in [0.25, 0.3) is 0 Å². The number of para-hydroxylation sites is 1. The van der Waals surface area contributed by atoms with Crippen molar-refractivity contribution in [3.63, 3.8) is 0 Å². The first-order valence-corrected chi connectivity index (χ1v) is 5.62. The van der Waals surface area contributed by atoms with Crippen molar-refractivity contribution in [2.24, 2.45) is 0 Å². The monoisotopic (exact) mass is 223 g/mol. The molecule has 0 radical (unpaired) electrons. The van der Waals surface area contributed by atoms with E-state index in [9.17, 15) is 4.79 Å². The van der Waals surface area contributed by atoms with Crippen LogP contribution >= 0.6 is 11.6 Å². The third kappa shape index (κ3) is 1.86. The Morgan fingerprint density at radius 3 is 2.93 bits per heavy atom. The van der Waals surface area contributed by atoms with Gasteiger partial charge in [-0.15, -0.1) is 0 Å². The molecule has 80 valence electrons. The molecule has 15 heavy (non-hydrogen) atoms. The number of carbonyl (C=O) groups excluding carboxylic acids is 1. The van der Waals surface area contributed by atoms with Crippen molar-refractivity contribution < 1.29 is 4.79 Å². The first kappa shape index (κ1) is 10.5. The fourth-order valence-electron chi connectivity index (χ4n) is 2.20. The first-order chi connectivity index (χ1) is 7.24. The van der Waals surface area contributed by atoms with Crippen molar-refractivity contribution in [2.45, 2.75) is 25.8 Å². The molecule has 1 heterocycles. The summed E-state index contributed by atoms with van der Waals surface area (Å²) in [4.78, 5) is 13.2. The lowest BCUT2D eigenvalue weighted by Crippen LogP contribution is -2.27. The summed E-state index contributed by atoms with van der Waals surface area (Å²) in [6.45, 7) is 3.16. The van der Waals surface area contributed by atoms with Crippen LogP contribution in [0.4, 0.5) is 5.69 Å². The highest BCUT2D eigenvalue weighted by atomic mass is 35.5. The second kappa shape index (κ2) is 4.23. The molecule has 0 N–H and O–H groups in total. The molecule has 0 bridgehead atoms. The number of hydrogen-bond donors (Lipinski definition) is 0. The van der Waals surface area contributed by atoms with Gasteiger partial charge in [0, 0.05) is 18.2 Å². The molecule has 0 spiro atoms. The highest BCUT2D eigenvalue weighted by Crippen LogP contribution is 2.34. The topological polar surface area (TPSA) is 20.3 Å². The van der Waals surface area contributed by atoms with Crippen LogP contribution < -0.4 is 4.90 Å². The highest BCUT2D eigenvalue weighted by molar-refractivity contribution is 6.34. The smallest absolute Gasteiger partial charge is 0.152 e. The van der Waals surface area contributed by atoms with Gasteiger partial charge in [0.05, 0.1) is 10.7 Å². The molecular formula is C12H14ClNO. The zero-order chi connectivity index (χ0) is 10.8. The average Bonchev–Trinajstić information content (AvgIpc) is 2.64. The molecule has 0 amide bonds. The Morgan fingerprint density at radius 2 is 2.33 bits per heavy atom. The van der Waals surface area contributed by atoms with E-state index >= 15 is 0 Å². The lowest BCUT2D eigenvalue weighted by molar-refractivity contribution is 0.112. The van der Waals surface area contributed by atoms with Crippen LogP contribution in [0.5, 0.6) is 0 Å². The molecule has 2 nitrogen and oxygen atoms in total. The van der Waals surface area contributed by atoms with Crippen molar-refractivity contribution in [3.05, 3.63) is 28.8 Å². The summed E-state index contributed by atoms with van der Waals surface area (Å²) < 4.78 is 0. The van der Waals surface area contributed by atoms with E-state index in [2.05, 4.69) is 11.8 Å². The molecule has 1 unspecified atom stereocenters. The third-order valence-electron chi connectivity index (χ3n) is 2.99. The second-order valence-electron chi connectivity index (χ2n) is 3.98. The van der Waals surface area contributed by atoms with Crippen LogP contribution in [0, 0.1) is 0 Å². The molecule has 1 aliphatic heterocycles. The zero-order valence-electron chi connectivity index (χ0n) is 8.74. The predicted molar refractivity (Wildman–Crippen MR) is 62.9 cm³/mol. The number of rotatable bonds is 2. The molecule has 1 fully saturated rings. The lowest BCUT2D eigenvalue weighted by atomic mass is 10.1. The summed E-state index contributed by atoms with van der Waals surface area (Å²) in [6.07, 6.45) is 3.22. The normalized spacial score (nSPS) is 20.7. The molecule has 1 saturated heterocycles. The second-order valence-corrected chi connectivity index (χ2v) is 4.39. The molecule has 0 aliphatic carbocycles. The summed E-state index contributed by atoms with van der Waals surface area (Å²) in [5.41, 5.74) is 1.59. The van der Waals surface area contributed by atoms with Crippen LogP contribution in [-0.4, -0.2) is 18.9 Å². The Kier molecular flexibility index (Phi) is 2.96. The van der Waals surface area contributed by atoms with Gasteiger partial charge in [0.1, 0.15) is 0 Å². The fraction of sp³-hybridized carbons (Fsp3) is 0.417. The predicted octanol–water partition coefficient (Wildman–Crippen LogP) is 3.14. The zero-order valence-corrected chi connectivity index (χ0v) is 9.50. The molecule has 3 heteroatoms. The van der Waals surface area contributed by atoms with Crippen molar-refractivity contribution in [3.8, 4) is 0 Å². The standard InChI is InChI=1S/C12H14ClNO/c1-9-4-3-7-14(9)12-10(8-15)5-2-6-11(12)13/h2,5-6,8-9H,3-4,7H2,1H3. The summed E-state index contributed by atoms with van der Waals surface area (Å²) in [6, 6.07) is 5.95. The van der Waals surface area contributed by atoms with Crippen molar-refractivity contribution in [2.75, 3.05) is 11.4 Å². The highest BCUT2D eigenvalue weighted by Gasteiger charge is 2.24. The number of aldehydes is 1. The number of halogens is 1.